The smallest absolute Gasteiger partial charge is 0.273 e. The van der Waals surface area contributed by atoms with Crippen molar-refractivity contribution < 1.29 is 4.79 Å². The Balaban J connectivity index is 1.84. The van der Waals surface area contributed by atoms with E-state index in [1.54, 1.807) is 4.68 Å². The van der Waals surface area contributed by atoms with Gasteiger partial charge in [-0.2, -0.15) is 0 Å². The van der Waals surface area contributed by atoms with Crippen LogP contribution in [0.4, 0.5) is 0 Å². The van der Waals surface area contributed by atoms with E-state index in [0.29, 0.717) is 11.7 Å². The molecule has 0 saturated heterocycles. The largest absolute Gasteiger partial charge is 0.348 e. The summed E-state index contributed by atoms with van der Waals surface area (Å²) in [7, 11) is 0. The number of nitrogens with zero attached hydrogens (tertiary/aromatic N) is 3. The fourth-order valence-corrected chi connectivity index (χ4v) is 2.97. The van der Waals surface area contributed by atoms with Gasteiger partial charge in [0, 0.05) is 6.04 Å². The average Bonchev–Trinajstić information content (AvgIpc) is 3.11. The van der Waals surface area contributed by atoms with Gasteiger partial charge in [-0.25, -0.2) is 4.68 Å². The normalized spacial score (nSPS) is 15.2. The maximum atomic E-state index is 12.4. The van der Waals surface area contributed by atoms with Gasteiger partial charge in [-0.1, -0.05) is 24.1 Å². The van der Waals surface area contributed by atoms with Crippen molar-refractivity contribution in [1.82, 2.24) is 20.3 Å². The molecule has 1 aromatic heterocycles. The molecule has 2 aromatic rings. The Morgan fingerprint density at radius 1 is 1.18 bits per heavy atom. The number of carbonyl (C=O) groups excluding carboxylic acids is 1. The molecule has 0 spiro atoms. The van der Waals surface area contributed by atoms with Gasteiger partial charge in [0.25, 0.3) is 5.91 Å². The Kier molecular flexibility index (Phi) is 3.96. The van der Waals surface area contributed by atoms with E-state index in [2.05, 4.69) is 41.6 Å². The van der Waals surface area contributed by atoms with E-state index in [4.69, 9.17) is 0 Å². The summed E-state index contributed by atoms with van der Waals surface area (Å²) in [6.45, 7) is 6.03. The Bertz CT molecular complexity index is 699. The average molecular weight is 298 g/mol. The van der Waals surface area contributed by atoms with Gasteiger partial charge >= 0.3 is 0 Å². The number of aryl methyl sites for hydroxylation is 2. The van der Waals surface area contributed by atoms with Crippen molar-refractivity contribution in [2.75, 3.05) is 0 Å². The number of carbonyl (C=O) groups is 1. The number of aromatic nitrogens is 3. The molecular formula is C17H22N4O. The first-order valence-corrected chi connectivity index (χ1v) is 7.87. The van der Waals surface area contributed by atoms with Crippen molar-refractivity contribution in [3.63, 3.8) is 0 Å². The van der Waals surface area contributed by atoms with Crippen molar-refractivity contribution in [2.45, 2.75) is 52.5 Å². The summed E-state index contributed by atoms with van der Waals surface area (Å²) >= 11 is 0. The zero-order valence-electron chi connectivity index (χ0n) is 13.4. The molecule has 1 aromatic carbocycles. The fourth-order valence-electron chi connectivity index (χ4n) is 2.97. The molecule has 0 radical (unpaired) electrons. The first kappa shape index (κ1) is 14.8. The van der Waals surface area contributed by atoms with Crippen LogP contribution in [0.1, 0.15) is 53.0 Å². The standard InChI is InChI=1S/C17H22N4O/c1-11-8-9-15(10-12(11)2)21-13(3)16(19-20-21)17(22)18-14-6-4-5-7-14/h8-10,14H,4-7H2,1-3H3,(H,18,22). The van der Waals surface area contributed by atoms with Gasteiger partial charge in [0.2, 0.25) is 0 Å². The number of amides is 1. The molecule has 1 aliphatic carbocycles. The summed E-state index contributed by atoms with van der Waals surface area (Å²) in [4.78, 5) is 12.4. The van der Waals surface area contributed by atoms with Gasteiger partial charge < -0.3 is 5.32 Å². The van der Waals surface area contributed by atoms with Gasteiger partial charge in [0.1, 0.15) is 0 Å². The minimum Gasteiger partial charge on any atom is -0.348 e. The van der Waals surface area contributed by atoms with Crippen molar-refractivity contribution in [3.8, 4) is 5.69 Å². The van der Waals surface area contributed by atoms with E-state index >= 15 is 0 Å². The fraction of sp³-hybridized carbons (Fsp3) is 0.471. The lowest BCUT2D eigenvalue weighted by Gasteiger charge is -2.11. The minimum absolute atomic E-state index is 0.112. The lowest BCUT2D eigenvalue weighted by molar-refractivity contribution is 0.0932. The van der Waals surface area contributed by atoms with Crippen molar-refractivity contribution in [2.24, 2.45) is 0 Å². The maximum absolute atomic E-state index is 12.4. The molecule has 5 heteroatoms. The van der Waals surface area contributed by atoms with E-state index in [1.807, 2.05) is 13.0 Å². The van der Waals surface area contributed by atoms with Crippen molar-refractivity contribution >= 4 is 5.91 Å². The predicted octanol–water partition coefficient (Wildman–Crippen LogP) is 2.86. The Morgan fingerprint density at radius 3 is 2.59 bits per heavy atom. The third-order valence-corrected chi connectivity index (χ3v) is 4.54. The first-order chi connectivity index (χ1) is 10.6. The van der Waals surface area contributed by atoms with Crippen LogP contribution in [0.5, 0.6) is 0 Å². The molecule has 3 rings (SSSR count). The molecule has 116 valence electrons. The molecule has 22 heavy (non-hydrogen) atoms. The molecule has 0 bridgehead atoms. The number of hydrogen-bond acceptors (Lipinski definition) is 3. The number of benzene rings is 1. The van der Waals surface area contributed by atoms with Crippen LogP contribution in [0.25, 0.3) is 5.69 Å². The topological polar surface area (TPSA) is 59.8 Å². The maximum Gasteiger partial charge on any atom is 0.273 e. The summed E-state index contributed by atoms with van der Waals surface area (Å²) in [6, 6.07) is 6.42. The van der Waals surface area contributed by atoms with Crippen LogP contribution in [0.15, 0.2) is 18.2 Å². The first-order valence-electron chi connectivity index (χ1n) is 7.87. The molecule has 1 fully saturated rings. The van der Waals surface area contributed by atoms with Crippen molar-refractivity contribution in [3.05, 3.63) is 40.7 Å². The number of rotatable bonds is 3. The van der Waals surface area contributed by atoms with E-state index < -0.39 is 0 Å². The van der Waals surface area contributed by atoms with Crippen LogP contribution in [-0.4, -0.2) is 26.9 Å². The molecular weight excluding hydrogens is 276 g/mol. The lowest BCUT2D eigenvalue weighted by atomic mass is 10.1. The molecule has 1 aliphatic rings. The Morgan fingerprint density at radius 2 is 1.91 bits per heavy atom. The van der Waals surface area contributed by atoms with Gasteiger partial charge in [-0.05, 0) is 56.9 Å². The third kappa shape index (κ3) is 2.75. The van der Waals surface area contributed by atoms with Crippen LogP contribution in [0.2, 0.25) is 0 Å². The second-order valence-corrected chi connectivity index (χ2v) is 6.16. The second-order valence-electron chi connectivity index (χ2n) is 6.16. The highest BCUT2D eigenvalue weighted by molar-refractivity contribution is 5.93. The quantitative estimate of drug-likeness (QED) is 0.948. The SMILES string of the molecule is Cc1ccc(-n2nnc(C(=O)NC3CCCC3)c2C)cc1C. The Hall–Kier alpha value is -2.17. The molecule has 5 nitrogen and oxygen atoms in total. The summed E-state index contributed by atoms with van der Waals surface area (Å²) < 4.78 is 1.73. The summed E-state index contributed by atoms with van der Waals surface area (Å²) in [5, 5.41) is 11.3. The monoisotopic (exact) mass is 298 g/mol. The summed E-state index contributed by atoms with van der Waals surface area (Å²) in [5.41, 5.74) is 4.57. The highest BCUT2D eigenvalue weighted by Crippen LogP contribution is 2.19. The number of hydrogen-bond donors (Lipinski definition) is 1. The second kappa shape index (κ2) is 5.91. The molecule has 0 aliphatic heterocycles. The molecule has 1 N–H and O–H groups in total. The van der Waals surface area contributed by atoms with Crippen LogP contribution in [0, 0.1) is 20.8 Å². The van der Waals surface area contributed by atoms with Crippen LogP contribution >= 0.6 is 0 Å². The minimum atomic E-state index is -0.112. The highest BCUT2D eigenvalue weighted by atomic mass is 16.2. The Labute approximate surface area is 130 Å². The zero-order chi connectivity index (χ0) is 15.7. The molecule has 1 heterocycles. The van der Waals surface area contributed by atoms with E-state index in [1.165, 1.54) is 24.0 Å². The molecule has 0 atom stereocenters. The molecule has 1 saturated carbocycles. The highest BCUT2D eigenvalue weighted by Gasteiger charge is 2.22. The van der Waals surface area contributed by atoms with Gasteiger partial charge in [0.05, 0.1) is 11.4 Å². The van der Waals surface area contributed by atoms with E-state index in [9.17, 15) is 4.79 Å². The van der Waals surface area contributed by atoms with E-state index in [-0.39, 0.29) is 5.91 Å². The summed E-state index contributed by atoms with van der Waals surface area (Å²) in [6.07, 6.45) is 4.52. The molecule has 1 amide bonds. The van der Waals surface area contributed by atoms with E-state index in [0.717, 1.165) is 24.2 Å². The van der Waals surface area contributed by atoms with Crippen molar-refractivity contribution in [1.29, 1.82) is 0 Å². The third-order valence-electron chi connectivity index (χ3n) is 4.54. The van der Waals surface area contributed by atoms with Gasteiger partial charge in [0.15, 0.2) is 5.69 Å². The molecule has 0 unspecified atom stereocenters. The predicted molar refractivity (Wildman–Crippen MR) is 85.3 cm³/mol. The summed E-state index contributed by atoms with van der Waals surface area (Å²) in [5.74, 6) is -0.112. The van der Waals surface area contributed by atoms with Crippen LogP contribution < -0.4 is 5.32 Å². The number of nitrogens with one attached hydrogen (secondary N) is 1. The zero-order valence-corrected chi connectivity index (χ0v) is 13.4. The van der Waals surface area contributed by atoms with Crippen LogP contribution in [0.3, 0.4) is 0 Å². The van der Waals surface area contributed by atoms with Gasteiger partial charge in [-0.15, -0.1) is 5.10 Å². The van der Waals surface area contributed by atoms with Gasteiger partial charge in [-0.3, -0.25) is 4.79 Å². The van der Waals surface area contributed by atoms with Crippen LogP contribution in [-0.2, 0) is 0 Å². The lowest BCUT2D eigenvalue weighted by Crippen LogP contribution is -2.33.